The topological polar surface area (TPSA) is 29.1 Å². The molecular weight excluding hydrogens is 258 g/mol. The zero-order valence-corrected chi connectivity index (χ0v) is 12.4. The van der Waals surface area contributed by atoms with E-state index in [4.69, 9.17) is 0 Å². The molecule has 1 amide bonds. The fourth-order valence-corrected chi connectivity index (χ4v) is 2.88. The fourth-order valence-electron chi connectivity index (χ4n) is 2.88. The smallest absolute Gasteiger partial charge is 0.244 e. The van der Waals surface area contributed by atoms with Gasteiger partial charge >= 0.3 is 0 Å². The van der Waals surface area contributed by atoms with Crippen LogP contribution in [-0.2, 0) is 10.3 Å². The average molecular weight is 277 g/mol. The third kappa shape index (κ3) is 2.75. The van der Waals surface area contributed by atoms with Gasteiger partial charge in [0.15, 0.2) is 0 Å². The van der Waals surface area contributed by atoms with Gasteiger partial charge in [-0.2, -0.15) is 0 Å². The van der Waals surface area contributed by atoms with Gasteiger partial charge in [-0.15, -0.1) is 0 Å². The molecule has 1 N–H and O–H groups in total. The number of nitrogens with one attached hydrogen (secondary N) is 1. The Morgan fingerprint density at radius 3 is 2.33 bits per heavy atom. The molecule has 2 aromatic carbocycles. The molecule has 2 nitrogen and oxygen atoms in total. The summed E-state index contributed by atoms with van der Waals surface area (Å²) in [6, 6.07) is 18.5. The Labute approximate surface area is 125 Å². The molecule has 0 bridgehead atoms. The molecule has 1 aliphatic rings. The summed E-state index contributed by atoms with van der Waals surface area (Å²) in [5.74, 6) is -0.0248. The summed E-state index contributed by atoms with van der Waals surface area (Å²) in [4.78, 5) is 12.1. The molecule has 1 heterocycles. The van der Waals surface area contributed by atoms with E-state index in [2.05, 4.69) is 55.6 Å². The van der Waals surface area contributed by atoms with E-state index < -0.39 is 0 Å². The van der Waals surface area contributed by atoms with Crippen molar-refractivity contribution in [2.75, 3.05) is 0 Å². The van der Waals surface area contributed by atoms with E-state index in [0.717, 1.165) is 23.1 Å². The number of hydrogen-bond acceptors (Lipinski definition) is 1. The number of amides is 1. The lowest BCUT2D eigenvalue weighted by molar-refractivity contribution is -0.118. The largest absolute Gasteiger partial charge is 0.343 e. The molecule has 106 valence electrons. The minimum atomic E-state index is -0.354. The van der Waals surface area contributed by atoms with Gasteiger partial charge in [-0.05, 0) is 30.5 Å². The van der Waals surface area contributed by atoms with Gasteiger partial charge < -0.3 is 5.32 Å². The molecule has 0 aliphatic carbocycles. The quantitative estimate of drug-likeness (QED) is 0.888. The van der Waals surface area contributed by atoms with Crippen LogP contribution in [-0.4, -0.2) is 5.91 Å². The zero-order valence-electron chi connectivity index (χ0n) is 12.4. The second-order valence-electron chi connectivity index (χ2n) is 5.90. The van der Waals surface area contributed by atoms with Gasteiger partial charge in [0.2, 0.25) is 5.91 Å². The first-order valence-corrected chi connectivity index (χ1v) is 7.22. The molecule has 3 rings (SSSR count). The van der Waals surface area contributed by atoms with Crippen LogP contribution in [0.4, 0.5) is 0 Å². The van der Waals surface area contributed by atoms with E-state index >= 15 is 0 Å². The van der Waals surface area contributed by atoms with Crippen LogP contribution in [0.2, 0.25) is 0 Å². The van der Waals surface area contributed by atoms with Crippen LogP contribution < -0.4 is 5.32 Å². The lowest BCUT2D eigenvalue weighted by Gasteiger charge is -2.35. The van der Waals surface area contributed by atoms with Crippen molar-refractivity contribution < 1.29 is 4.79 Å². The summed E-state index contributed by atoms with van der Waals surface area (Å²) >= 11 is 0. The predicted molar refractivity (Wildman–Crippen MR) is 85.7 cm³/mol. The maximum absolute atomic E-state index is 12.1. The number of rotatable bonds is 2. The number of benzene rings is 2. The molecule has 21 heavy (non-hydrogen) atoms. The third-order valence-corrected chi connectivity index (χ3v) is 4.08. The maximum Gasteiger partial charge on any atom is 0.244 e. The molecule has 0 saturated heterocycles. The van der Waals surface area contributed by atoms with Crippen molar-refractivity contribution in [2.24, 2.45) is 0 Å². The Morgan fingerprint density at radius 2 is 1.67 bits per heavy atom. The molecule has 0 saturated carbocycles. The Morgan fingerprint density at radius 1 is 1.00 bits per heavy atom. The summed E-state index contributed by atoms with van der Waals surface area (Å²) in [5.41, 5.74) is 4.22. The van der Waals surface area contributed by atoms with Crippen LogP contribution >= 0.6 is 0 Å². The van der Waals surface area contributed by atoms with Crippen LogP contribution in [0.1, 0.15) is 30.0 Å². The highest BCUT2D eigenvalue weighted by Gasteiger charge is 2.33. The molecular formula is C19H19NO. The highest BCUT2D eigenvalue weighted by atomic mass is 16.1. The van der Waals surface area contributed by atoms with E-state index in [1.807, 2.05) is 18.2 Å². The summed E-state index contributed by atoms with van der Waals surface area (Å²) in [5, 5.41) is 3.10. The molecule has 0 radical (unpaired) electrons. The van der Waals surface area contributed by atoms with Crippen molar-refractivity contribution in [2.45, 2.75) is 25.8 Å². The van der Waals surface area contributed by atoms with E-state index in [1.165, 1.54) is 5.56 Å². The normalized spacial score (nSPS) is 21.6. The molecule has 1 aliphatic heterocycles. The first-order chi connectivity index (χ1) is 10.1. The number of carbonyl (C=O) groups is 1. The van der Waals surface area contributed by atoms with Crippen LogP contribution in [0.3, 0.4) is 0 Å². The van der Waals surface area contributed by atoms with Crippen molar-refractivity contribution in [3.63, 3.8) is 0 Å². The first kappa shape index (κ1) is 13.6. The minimum Gasteiger partial charge on any atom is -0.343 e. The van der Waals surface area contributed by atoms with E-state index in [1.54, 1.807) is 6.08 Å². The van der Waals surface area contributed by atoms with Gasteiger partial charge in [-0.1, -0.05) is 60.2 Å². The lowest BCUT2D eigenvalue weighted by Crippen LogP contribution is -2.45. The monoisotopic (exact) mass is 277 g/mol. The van der Waals surface area contributed by atoms with E-state index in [-0.39, 0.29) is 11.4 Å². The summed E-state index contributed by atoms with van der Waals surface area (Å²) in [7, 11) is 0. The maximum atomic E-state index is 12.1. The van der Waals surface area contributed by atoms with Crippen LogP contribution in [0.15, 0.2) is 60.7 Å². The predicted octanol–water partition coefficient (Wildman–Crippen LogP) is 3.81. The SMILES string of the molecule is Cc1ccc(C2=CC(=O)NC(C)(c3ccccc3)C2)cc1. The van der Waals surface area contributed by atoms with Crippen molar-refractivity contribution >= 4 is 11.5 Å². The lowest BCUT2D eigenvalue weighted by atomic mass is 9.81. The second-order valence-corrected chi connectivity index (χ2v) is 5.90. The highest BCUT2D eigenvalue weighted by molar-refractivity contribution is 5.98. The Bertz CT molecular complexity index is 685. The van der Waals surface area contributed by atoms with Crippen LogP contribution in [0.25, 0.3) is 5.57 Å². The Kier molecular flexibility index (Phi) is 3.38. The second kappa shape index (κ2) is 5.21. The van der Waals surface area contributed by atoms with Gasteiger partial charge in [0.1, 0.15) is 0 Å². The number of carbonyl (C=O) groups excluding carboxylic acids is 1. The van der Waals surface area contributed by atoms with Crippen molar-refractivity contribution in [3.8, 4) is 0 Å². The molecule has 1 unspecified atom stereocenters. The Hall–Kier alpha value is -2.35. The van der Waals surface area contributed by atoms with Crippen LogP contribution in [0.5, 0.6) is 0 Å². The summed E-state index contributed by atoms with van der Waals surface area (Å²) in [6.07, 6.45) is 2.52. The van der Waals surface area contributed by atoms with Crippen molar-refractivity contribution in [3.05, 3.63) is 77.4 Å². The van der Waals surface area contributed by atoms with Crippen molar-refractivity contribution in [1.82, 2.24) is 5.32 Å². The molecule has 0 fully saturated rings. The summed E-state index contributed by atoms with van der Waals surface area (Å²) in [6.45, 7) is 4.15. The Balaban J connectivity index is 1.97. The summed E-state index contributed by atoms with van der Waals surface area (Å²) < 4.78 is 0. The number of aryl methyl sites for hydroxylation is 1. The number of hydrogen-bond donors (Lipinski definition) is 1. The van der Waals surface area contributed by atoms with E-state index in [9.17, 15) is 4.79 Å². The molecule has 2 aromatic rings. The van der Waals surface area contributed by atoms with E-state index in [0.29, 0.717) is 0 Å². The van der Waals surface area contributed by atoms with Gasteiger partial charge in [-0.25, -0.2) is 0 Å². The van der Waals surface area contributed by atoms with Gasteiger partial charge in [0.25, 0.3) is 0 Å². The van der Waals surface area contributed by atoms with Gasteiger partial charge in [0, 0.05) is 12.5 Å². The highest BCUT2D eigenvalue weighted by Crippen LogP contribution is 2.35. The van der Waals surface area contributed by atoms with Crippen molar-refractivity contribution in [1.29, 1.82) is 0 Å². The third-order valence-electron chi connectivity index (χ3n) is 4.08. The fraction of sp³-hybridized carbons (Fsp3) is 0.211. The average Bonchev–Trinajstić information content (AvgIpc) is 2.48. The minimum absolute atomic E-state index is 0.0248. The molecule has 0 spiro atoms. The molecule has 1 atom stereocenters. The van der Waals surface area contributed by atoms with Gasteiger partial charge in [0.05, 0.1) is 5.54 Å². The zero-order chi connectivity index (χ0) is 14.9. The van der Waals surface area contributed by atoms with Gasteiger partial charge in [-0.3, -0.25) is 4.79 Å². The molecule has 2 heteroatoms. The molecule has 0 aromatic heterocycles. The van der Waals surface area contributed by atoms with Crippen LogP contribution in [0, 0.1) is 6.92 Å². The first-order valence-electron chi connectivity index (χ1n) is 7.22. The standard InChI is InChI=1S/C19H19NO/c1-14-8-10-15(11-9-14)16-12-18(21)20-19(2,13-16)17-6-4-3-5-7-17/h3-12H,13H2,1-2H3,(H,20,21).